The quantitative estimate of drug-likeness (QED) is 0.845. The molecule has 23 heavy (non-hydrogen) atoms. The molecule has 1 aromatic heterocycles. The summed E-state index contributed by atoms with van der Waals surface area (Å²) in [7, 11) is 0. The Hall–Kier alpha value is -1.80. The predicted molar refractivity (Wildman–Crippen MR) is 75.5 cm³/mol. The van der Waals surface area contributed by atoms with E-state index in [-0.39, 0.29) is 23.9 Å². The van der Waals surface area contributed by atoms with Crippen molar-refractivity contribution in [3.05, 3.63) is 23.9 Å². The Labute approximate surface area is 132 Å². The van der Waals surface area contributed by atoms with Crippen LogP contribution in [0.2, 0.25) is 0 Å². The molecular formula is C15H18F2N2O4. The van der Waals surface area contributed by atoms with Crippen molar-refractivity contribution in [2.45, 2.75) is 38.2 Å². The van der Waals surface area contributed by atoms with Gasteiger partial charge in [0.15, 0.2) is 0 Å². The van der Waals surface area contributed by atoms with E-state index in [1.165, 1.54) is 18.3 Å². The van der Waals surface area contributed by atoms with Gasteiger partial charge in [0.05, 0.1) is 30.4 Å². The molecule has 0 bridgehead atoms. The van der Waals surface area contributed by atoms with Gasteiger partial charge in [0.25, 0.3) is 5.91 Å². The van der Waals surface area contributed by atoms with Gasteiger partial charge < -0.3 is 19.1 Å². The van der Waals surface area contributed by atoms with Crippen molar-refractivity contribution in [2.75, 3.05) is 19.8 Å². The molecule has 8 heteroatoms. The summed E-state index contributed by atoms with van der Waals surface area (Å²) < 4.78 is 39.8. The molecule has 1 amide bonds. The Morgan fingerprint density at radius 3 is 2.87 bits per heavy atom. The van der Waals surface area contributed by atoms with Crippen molar-refractivity contribution >= 4 is 5.91 Å². The second kappa shape index (κ2) is 6.01. The third-order valence-corrected chi connectivity index (χ3v) is 3.88. The van der Waals surface area contributed by atoms with Crippen molar-refractivity contribution in [3.8, 4) is 5.88 Å². The first-order chi connectivity index (χ1) is 10.9. The number of nitrogens with zero attached hydrogens (tertiary/aromatic N) is 2. The first kappa shape index (κ1) is 16.1. The lowest BCUT2D eigenvalue weighted by Crippen LogP contribution is -2.60. The fourth-order valence-electron chi connectivity index (χ4n) is 2.96. The van der Waals surface area contributed by atoms with E-state index < -0.39 is 12.2 Å². The number of ether oxygens (including phenoxy) is 3. The van der Waals surface area contributed by atoms with E-state index in [2.05, 4.69) is 9.72 Å². The number of pyridine rings is 1. The highest BCUT2D eigenvalue weighted by Crippen LogP contribution is 2.30. The molecule has 0 unspecified atom stereocenters. The highest BCUT2D eigenvalue weighted by molar-refractivity contribution is 5.94. The maximum absolute atomic E-state index is 12.7. The molecule has 2 saturated heterocycles. The molecule has 2 fully saturated rings. The largest absolute Gasteiger partial charge is 0.417 e. The lowest BCUT2D eigenvalue weighted by molar-refractivity contribution is -0.137. The summed E-state index contributed by atoms with van der Waals surface area (Å²) in [6, 6.07) is 2.54. The van der Waals surface area contributed by atoms with Gasteiger partial charge in [0, 0.05) is 18.8 Å². The number of carbonyl (C=O) groups excluding carboxylic acids is 1. The summed E-state index contributed by atoms with van der Waals surface area (Å²) in [4.78, 5) is 18.2. The van der Waals surface area contributed by atoms with Crippen LogP contribution in [-0.4, -0.2) is 59.9 Å². The molecule has 0 saturated carbocycles. The number of halogens is 2. The molecule has 3 rings (SSSR count). The Bertz CT molecular complexity index is 579. The van der Waals surface area contributed by atoms with Crippen molar-refractivity contribution in [3.63, 3.8) is 0 Å². The highest BCUT2D eigenvalue weighted by Gasteiger charge is 2.46. The van der Waals surface area contributed by atoms with Crippen molar-refractivity contribution in [1.82, 2.24) is 9.88 Å². The fraction of sp³-hybridized carbons (Fsp3) is 0.600. The number of aromatic nitrogens is 1. The zero-order valence-electron chi connectivity index (χ0n) is 12.9. The number of alkyl halides is 2. The molecule has 2 atom stereocenters. The molecule has 0 aromatic carbocycles. The lowest BCUT2D eigenvalue weighted by Gasteiger charge is -2.45. The first-order valence-corrected chi connectivity index (χ1v) is 7.33. The van der Waals surface area contributed by atoms with E-state index >= 15 is 0 Å². The van der Waals surface area contributed by atoms with E-state index in [0.29, 0.717) is 25.3 Å². The van der Waals surface area contributed by atoms with Crippen LogP contribution >= 0.6 is 0 Å². The second-order valence-electron chi connectivity index (χ2n) is 6.22. The van der Waals surface area contributed by atoms with E-state index in [4.69, 9.17) is 9.47 Å². The number of hydrogen-bond acceptors (Lipinski definition) is 5. The van der Waals surface area contributed by atoms with Gasteiger partial charge >= 0.3 is 6.61 Å². The van der Waals surface area contributed by atoms with Crippen molar-refractivity contribution in [1.29, 1.82) is 0 Å². The number of fused-ring (bicyclic) bond motifs is 1. The van der Waals surface area contributed by atoms with Gasteiger partial charge in [-0.3, -0.25) is 4.79 Å². The summed E-state index contributed by atoms with van der Waals surface area (Å²) in [6.07, 6.45) is 1.09. The van der Waals surface area contributed by atoms with E-state index in [9.17, 15) is 13.6 Å². The molecule has 2 aliphatic heterocycles. The second-order valence-corrected chi connectivity index (χ2v) is 6.22. The summed E-state index contributed by atoms with van der Waals surface area (Å²) >= 11 is 0. The summed E-state index contributed by atoms with van der Waals surface area (Å²) in [5, 5.41) is 0. The standard InChI is InChI=1S/C15H18F2N2O4/c1-15(2)8-19(10-6-21-7-11(10)23-15)13(20)9-3-4-12(18-5-9)22-14(16)17/h3-5,10-11,14H,6-8H2,1-2H3/t10-,11-/m1/s1. The smallest absolute Gasteiger partial charge is 0.388 e. The Morgan fingerprint density at radius 2 is 2.22 bits per heavy atom. The van der Waals surface area contributed by atoms with Crippen LogP contribution in [0.15, 0.2) is 18.3 Å². The van der Waals surface area contributed by atoms with E-state index in [0.717, 1.165) is 0 Å². The first-order valence-electron chi connectivity index (χ1n) is 7.33. The molecule has 126 valence electrons. The Kier molecular flexibility index (Phi) is 4.20. The van der Waals surface area contributed by atoms with E-state index in [1.54, 1.807) is 4.90 Å². The van der Waals surface area contributed by atoms with Crippen LogP contribution in [0.5, 0.6) is 5.88 Å². The van der Waals surface area contributed by atoms with Crippen LogP contribution in [-0.2, 0) is 9.47 Å². The van der Waals surface area contributed by atoms with E-state index in [1.807, 2.05) is 13.8 Å². The minimum atomic E-state index is -2.94. The third kappa shape index (κ3) is 3.42. The van der Waals surface area contributed by atoms with Gasteiger partial charge in [-0.1, -0.05) is 0 Å². The van der Waals surface area contributed by atoms with Crippen LogP contribution in [0.25, 0.3) is 0 Å². The minimum absolute atomic E-state index is 0.146. The number of morpholine rings is 1. The van der Waals surface area contributed by atoms with Gasteiger partial charge in [-0.2, -0.15) is 8.78 Å². The number of amides is 1. The zero-order chi connectivity index (χ0) is 16.6. The van der Waals surface area contributed by atoms with Crippen LogP contribution < -0.4 is 4.74 Å². The molecule has 0 radical (unpaired) electrons. The molecular weight excluding hydrogens is 310 g/mol. The van der Waals surface area contributed by atoms with Crippen LogP contribution in [0.3, 0.4) is 0 Å². The summed E-state index contributed by atoms with van der Waals surface area (Å²) in [5.41, 5.74) is -0.161. The van der Waals surface area contributed by atoms with Gasteiger partial charge in [-0.05, 0) is 19.9 Å². The average Bonchev–Trinajstić information content (AvgIpc) is 2.92. The molecule has 0 N–H and O–H groups in total. The van der Waals surface area contributed by atoms with Gasteiger partial charge in [0.1, 0.15) is 6.10 Å². The Balaban J connectivity index is 1.78. The normalized spacial score (nSPS) is 26.2. The van der Waals surface area contributed by atoms with Crippen molar-refractivity contribution < 1.29 is 27.8 Å². The Morgan fingerprint density at radius 1 is 1.43 bits per heavy atom. The third-order valence-electron chi connectivity index (χ3n) is 3.88. The maximum atomic E-state index is 12.7. The molecule has 0 aliphatic carbocycles. The molecule has 6 nitrogen and oxygen atoms in total. The number of rotatable bonds is 3. The van der Waals surface area contributed by atoms with Gasteiger partial charge in [0.2, 0.25) is 5.88 Å². The predicted octanol–water partition coefficient (Wildman–Crippen LogP) is 1.70. The average molecular weight is 328 g/mol. The van der Waals surface area contributed by atoms with Gasteiger partial charge in [-0.25, -0.2) is 4.98 Å². The molecule has 3 heterocycles. The molecule has 1 aromatic rings. The summed E-state index contributed by atoms with van der Waals surface area (Å²) in [6.45, 7) is 2.19. The zero-order valence-corrected chi connectivity index (χ0v) is 12.9. The lowest BCUT2D eigenvalue weighted by atomic mass is 10.00. The number of carbonyl (C=O) groups is 1. The van der Waals surface area contributed by atoms with Gasteiger partial charge in [-0.15, -0.1) is 0 Å². The van der Waals surface area contributed by atoms with Crippen molar-refractivity contribution in [2.24, 2.45) is 0 Å². The minimum Gasteiger partial charge on any atom is -0.417 e. The van der Waals surface area contributed by atoms with Crippen LogP contribution in [0.4, 0.5) is 8.78 Å². The highest BCUT2D eigenvalue weighted by atomic mass is 19.3. The topological polar surface area (TPSA) is 60.9 Å². The van der Waals surface area contributed by atoms with Crippen LogP contribution in [0, 0.1) is 0 Å². The fourth-order valence-corrected chi connectivity index (χ4v) is 2.96. The monoisotopic (exact) mass is 328 g/mol. The maximum Gasteiger partial charge on any atom is 0.388 e. The van der Waals surface area contributed by atoms with Crippen LogP contribution in [0.1, 0.15) is 24.2 Å². The summed E-state index contributed by atoms with van der Waals surface area (Å²) in [5.74, 6) is -0.445. The SMILES string of the molecule is CC1(C)CN(C(=O)c2ccc(OC(F)F)nc2)[C@@H]2COC[C@H]2O1. The number of hydrogen-bond donors (Lipinski definition) is 0. The molecule has 2 aliphatic rings. The molecule has 0 spiro atoms.